The minimum atomic E-state index is -0.159. The van der Waals surface area contributed by atoms with E-state index in [-0.39, 0.29) is 5.82 Å². The number of piperazine rings is 3. The molecule has 56 heavy (non-hydrogen) atoms. The molecule has 0 amide bonds. The summed E-state index contributed by atoms with van der Waals surface area (Å²) in [6.45, 7) is 21.5. The molecule has 0 bridgehead atoms. The minimum Gasteiger partial charge on any atom is -0.454 e. The Morgan fingerprint density at radius 3 is 1.48 bits per heavy atom. The van der Waals surface area contributed by atoms with Gasteiger partial charge in [-0.3, -0.25) is 24.5 Å². The van der Waals surface area contributed by atoms with Gasteiger partial charge in [0.2, 0.25) is 6.79 Å². The summed E-state index contributed by atoms with van der Waals surface area (Å²) in [7, 11) is 0. The molecule has 10 rings (SSSR count). The average Bonchev–Trinajstić information content (AvgIpc) is 4.14. The molecule has 0 spiro atoms. The summed E-state index contributed by atoms with van der Waals surface area (Å²) in [4.78, 5) is 14.7. The van der Waals surface area contributed by atoms with E-state index in [1.807, 2.05) is 36.4 Å². The zero-order chi connectivity index (χ0) is 38.3. The maximum absolute atomic E-state index is 12.8. The van der Waals surface area contributed by atoms with Gasteiger partial charge in [0.25, 0.3) is 0 Å². The number of hydrogen-bond donors (Lipinski definition) is 0. The normalized spacial score (nSPS) is 25.2. The molecular formula is C42H55Cl2FN6O5. The van der Waals surface area contributed by atoms with Crippen molar-refractivity contribution in [2.24, 2.45) is 0 Å². The summed E-state index contributed by atoms with van der Waals surface area (Å²) in [6.07, 6.45) is 1.49. The van der Waals surface area contributed by atoms with Crippen LogP contribution in [0.1, 0.15) is 11.1 Å². The molecule has 6 fully saturated rings. The van der Waals surface area contributed by atoms with Gasteiger partial charge in [-0.25, -0.2) is 4.39 Å². The van der Waals surface area contributed by atoms with E-state index in [1.165, 1.54) is 23.3 Å². The van der Waals surface area contributed by atoms with Crippen LogP contribution in [0.2, 0.25) is 10.0 Å². The highest BCUT2D eigenvalue weighted by Gasteiger charge is 2.29. The molecule has 7 aliphatic rings. The molecular weight excluding hydrogens is 758 g/mol. The molecule has 14 heteroatoms. The van der Waals surface area contributed by atoms with Crippen molar-refractivity contribution in [1.82, 2.24) is 24.5 Å². The second kappa shape index (κ2) is 19.3. The quantitative estimate of drug-likeness (QED) is 0.251. The molecule has 6 saturated heterocycles. The van der Waals surface area contributed by atoms with Crippen LogP contribution in [0.5, 0.6) is 11.5 Å². The molecule has 3 aromatic rings. The van der Waals surface area contributed by atoms with Crippen molar-refractivity contribution in [1.29, 1.82) is 0 Å². The predicted molar refractivity (Wildman–Crippen MR) is 217 cm³/mol. The Bertz CT molecular complexity index is 1690. The molecule has 7 heterocycles. The molecule has 0 aliphatic carbocycles. The SMILES string of the molecule is Clc1ccc(N2CCN(CC3CO3)CC2)cc1Cl.Fc1ccc(CN2CCN(CC3CO3)CC2)cc1.c1cc2c(cc1CN1CCN(CC3CO3)CC1)OCO2. The summed E-state index contributed by atoms with van der Waals surface area (Å²) in [5.74, 6) is 1.59. The van der Waals surface area contributed by atoms with Gasteiger partial charge in [0.1, 0.15) is 5.82 Å². The number of fused-ring (bicyclic) bond motifs is 1. The first-order valence-electron chi connectivity index (χ1n) is 20.2. The van der Waals surface area contributed by atoms with Crippen LogP contribution < -0.4 is 14.4 Å². The minimum absolute atomic E-state index is 0.159. The number of halogens is 3. The molecule has 11 nitrogen and oxygen atoms in total. The number of rotatable bonds is 11. The Labute approximate surface area is 340 Å². The fourth-order valence-corrected chi connectivity index (χ4v) is 7.95. The van der Waals surface area contributed by atoms with E-state index in [9.17, 15) is 4.39 Å². The first-order chi connectivity index (χ1) is 27.4. The lowest BCUT2D eigenvalue weighted by Gasteiger charge is -2.36. The third-order valence-electron chi connectivity index (χ3n) is 11.3. The highest BCUT2D eigenvalue weighted by Crippen LogP contribution is 2.33. The fourth-order valence-electron chi connectivity index (χ4n) is 7.66. The van der Waals surface area contributed by atoms with Crippen LogP contribution in [0.3, 0.4) is 0 Å². The Morgan fingerprint density at radius 1 is 0.500 bits per heavy atom. The number of anilines is 1. The summed E-state index contributed by atoms with van der Waals surface area (Å²) in [6, 6.07) is 18.9. The number of ether oxygens (including phenoxy) is 5. The van der Waals surface area contributed by atoms with Gasteiger partial charge in [-0.05, 0) is 53.6 Å². The van der Waals surface area contributed by atoms with Crippen molar-refractivity contribution in [3.8, 4) is 11.5 Å². The molecule has 3 unspecified atom stereocenters. The number of hydrogen-bond acceptors (Lipinski definition) is 11. The van der Waals surface area contributed by atoms with E-state index in [0.717, 1.165) is 148 Å². The molecule has 0 radical (unpaired) electrons. The van der Waals surface area contributed by atoms with Crippen molar-refractivity contribution in [3.05, 3.63) is 87.7 Å². The van der Waals surface area contributed by atoms with Crippen LogP contribution >= 0.6 is 23.2 Å². The molecule has 7 aliphatic heterocycles. The summed E-state index contributed by atoms with van der Waals surface area (Å²) >= 11 is 12.0. The average molecular weight is 814 g/mol. The van der Waals surface area contributed by atoms with Gasteiger partial charge in [0.05, 0.1) is 48.2 Å². The van der Waals surface area contributed by atoms with Gasteiger partial charge in [-0.15, -0.1) is 0 Å². The first kappa shape index (κ1) is 40.0. The second-order valence-corrected chi connectivity index (χ2v) is 16.5. The van der Waals surface area contributed by atoms with Gasteiger partial charge < -0.3 is 28.6 Å². The third-order valence-corrected chi connectivity index (χ3v) is 12.1. The van der Waals surface area contributed by atoms with Crippen LogP contribution in [0.15, 0.2) is 60.7 Å². The Balaban J connectivity index is 0.000000118. The van der Waals surface area contributed by atoms with E-state index in [0.29, 0.717) is 35.2 Å². The predicted octanol–water partition coefficient (Wildman–Crippen LogP) is 4.79. The lowest BCUT2D eigenvalue weighted by atomic mass is 10.1. The molecule has 304 valence electrons. The number of benzene rings is 3. The highest BCUT2D eigenvalue weighted by atomic mass is 35.5. The Hall–Kier alpha value is -2.75. The topological polar surface area (TPSA) is 75.5 Å². The van der Waals surface area contributed by atoms with E-state index in [1.54, 1.807) is 0 Å². The fraction of sp³-hybridized carbons (Fsp3) is 0.571. The summed E-state index contributed by atoms with van der Waals surface area (Å²) in [5, 5.41) is 1.24. The molecule has 0 aromatic heterocycles. The van der Waals surface area contributed by atoms with Crippen LogP contribution in [0, 0.1) is 5.82 Å². The molecule has 3 atom stereocenters. The number of nitrogens with zero attached hydrogens (tertiary/aromatic N) is 6. The molecule has 0 N–H and O–H groups in total. The smallest absolute Gasteiger partial charge is 0.231 e. The van der Waals surface area contributed by atoms with Crippen molar-refractivity contribution in [2.45, 2.75) is 31.4 Å². The first-order valence-corrected chi connectivity index (χ1v) is 20.9. The van der Waals surface area contributed by atoms with E-state index in [4.69, 9.17) is 46.9 Å². The van der Waals surface area contributed by atoms with Crippen molar-refractivity contribution >= 4 is 28.9 Å². The zero-order valence-electron chi connectivity index (χ0n) is 32.2. The summed E-state index contributed by atoms with van der Waals surface area (Å²) < 4.78 is 39.4. The number of epoxide rings is 3. The second-order valence-electron chi connectivity index (χ2n) is 15.7. The lowest BCUT2D eigenvalue weighted by Crippen LogP contribution is -2.47. The van der Waals surface area contributed by atoms with Gasteiger partial charge >= 0.3 is 0 Å². The van der Waals surface area contributed by atoms with Crippen LogP contribution in [-0.4, -0.2) is 168 Å². The molecule has 3 aromatic carbocycles. The van der Waals surface area contributed by atoms with E-state index >= 15 is 0 Å². The van der Waals surface area contributed by atoms with Crippen LogP contribution in [0.25, 0.3) is 0 Å². The van der Waals surface area contributed by atoms with Gasteiger partial charge in [0.15, 0.2) is 11.5 Å². The van der Waals surface area contributed by atoms with Gasteiger partial charge in [0, 0.05) is 117 Å². The maximum atomic E-state index is 12.8. The summed E-state index contributed by atoms with van der Waals surface area (Å²) in [5.41, 5.74) is 3.65. The van der Waals surface area contributed by atoms with Gasteiger partial charge in [-0.1, -0.05) is 41.4 Å². The van der Waals surface area contributed by atoms with E-state index < -0.39 is 0 Å². The molecule has 0 saturated carbocycles. The van der Waals surface area contributed by atoms with E-state index in [2.05, 4.69) is 41.5 Å². The van der Waals surface area contributed by atoms with Crippen molar-refractivity contribution in [2.75, 3.05) is 130 Å². The third kappa shape index (κ3) is 12.4. The van der Waals surface area contributed by atoms with Crippen molar-refractivity contribution in [3.63, 3.8) is 0 Å². The Morgan fingerprint density at radius 2 is 0.964 bits per heavy atom. The van der Waals surface area contributed by atoms with Crippen molar-refractivity contribution < 1.29 is 28.1 Å². The standard InChI is InChI=1S/C15H20N2O3.C14H19FN2O.C13H16Cl2N2O/c1-2-14-15(20-11-19-14)7-12(1)8-16-3-5-17(6-4-16)9-13-10-18-13;15-13-3-1-12(2-4-13)9-16-5-7-17(8-6-16)10-14-11-18-14;14-12-2-1-10(7-13(12)15)17-5-3-16(4-6-17)8-11-9-18-11/h1-2,7,13H,3-6,8-11H2;1-4,14H,5-11H2;1-2,7,11H,3-6,8-9H2. The largest absolute Gasteiger partial charge is 0.454 e. The van der Waals surface area contributed by atoms with Crippen LogP contribution in [0.4, 0.5) is 10.1 Å². The van der Waals surface area contributed by atoms with Crippen LogP contribution in [-0.2, 0) is 27.3 Å². The van der Waals surface area contributed by atoms with Gasteiger partial charge in [-0.2, -0.15) is 0 Å². The lowest BCUT2D eigenvalue weighted by molar-refractivity contribution is 0.120. The highest BCUT2D eigenvalue weighted by molar-refractivity contribution is 6.42. The maximum Gasteiger partial charge on any atom is 0.231 e. The zero-order valence-corrected chi connectivity index (χ0v) is 33.7. The Kier molecular flexibility index (Phi) is 13.8. The monoisotopic (exact) mass is 812 g/mol.